The zero-order valence-corrected chi connectivity index (χ0v) is 10.8. The molecule has 1 heterocycles. The van der Waals surface area contributed by atoms with Crippen LogP contribution in [0.5, 0.6) is 5.88 Å². The van der Waals surface area contributed by atoms with E-state index in [1.54, 1.807) is 13.3 Å². The highest BCUT2D eigenvalue weighted by Crippen LogP contribution is 2.28. The Morgan fingerprint density at radius 2 is 2.35 bits per heavy atom. The molecule has 94 valence electrons. The van der Waals surface area contributed by atoms with Gasteiger partial charge in [0, 0.05) is 24.3 Å². The van der Waals surface area contributed by atoms with Crippen LogP contribution in [0.1, 0.15) is 38.2 Å². The molecule has 0 radical (unpaired) electrons. The number of methoxy groups -OCH3 is 1. The van der Waals surface area contributed by atoms with Gasteiger partial charge in [-0.25, -0.2) is 4.98 Å². The number of ether oxygens (including phenoxy) is 1. The Bertz CT molecular complexity index is 354. The van der Waals surface area contributed by atoms with Gasteiger partial charge in [-0.3, -0.25) is 0 Å². The van der Waals surface area contributed by atoms with Crippen molar-refractivity contribution in [2.24, 2.45) is 5.92 Å². The van der Waals surface area contributed by atoms with Gasteiger partial charge in [0.05, 0.1) is 7.11 Å². The van der Waals surface area contributed by atoms with Crippen molar-refractivity contribution in [3.8, 4) is 5.88 Å². The Kier molecular flexibility index (Phi) is 4.37. The summed E-state index contributed by atoms with van der Waals surface area (Å²) in [6.45, 7) is 3.15. The van der Waals surface area contributed by atoms with Crippen LogP contribution >= 0.6 is 0 Å². The molecule has 17 heavy (non-hydrogen) atoms. The first-order valence-electron chi connectivity index (χ1n) is 6.54. The standard InChI is InChI=1S/C14H22N2O/c1-3-11-6-7-13(9-11)16-10-12-5-4-8-15-14(12)17-2/h4-5,8,11,13,16H,3,6-7,9-10H2,1-2H3. The molecule has 1 aliphatic carbocycles. The van der Waals surface area contributed by atoms with Crippen LogP contribution < -0.4 is 10.1 Å². The smallest absolute Gasteiger partial charge is 0.217 e. The minimum atomic E-state index is 0.671. The first-order chi connectivity index (χ1) is 8.33. The highest BCUT2D eigenvalue weighted by Gasteiger charge is 2.22. The number of pyridine rings is 1. The predicted molar refractivity (Wildman–Crippen MR) is 69.0 cm³/mol. The maximum atomic E-state index is 5.25. The van der Waals surface area contributed by atoms with Gasteiger partial charge < -0.3 is 10.1 Å². The van der Waals surface area contributed by atoms with Crippen LogP contribution in [0.15, 0.2) is 18.3 Å². The predicted octanol–water partition coefficient (Wildman–Crippen LogP) is 2.76. The van der Waals surface area contributed by atoms with E-state index in [4.69, 9.17) is 4.74 Å². The first-order valence-corrected chi connectivity index (χ1v) is 6.54. The molecule has 0 saturated heterocycles. The van der Waals surface area contributed by atoms with Crippen molar-refractivity contribution in [2.75, 3.05) is 7.11 Å². The molecule has 2 rings (SSSR count). The third kappa shape index (κ3) is 3.19. The lowest BCUT2D eigenvalue weighted by Gasteiger charge is -2.14. The summed E-state index contributed by atoms with van der Waals surface area (Å²) in [5.41, 5.74) is 1.15. The Labute approximate surface area is 104 Å². The third-order valence-electron chi connectivity index (χ3n) is 3.74. The number of nitrogens with one attached hydrogen (secondary N) is 1. The fourth-order valence-corrected chi connectivity index (χ4v) is 2.63. The Balaban J connectivity index is 1.85. The largest absolute Gasteiger partial charge is 0.481 e. The molecular formula is C14H22N2O. The normalized spacial score (nSPS) is 23.9. The van der Waals surface area contributed by atoms with Crippen molar-refractivity contribution in [2.45, 2.75) is 45.2 Å². The van der Waals surface area contributed by atoms with Crippen molar-refractivity contribution >= 4 is 0 Å². The summed E-state index contributed by atoms with van der Waals surface area (Å²) in [6, 6.07) is 4.71. The van der Waals surface area contributed by atoms with E-state index in [9.17, 15) is 0 Å². The van der Waals surface area contributed by atoms with Crippen LogP contribution in [0, 0.1) is 5.92 Å². The lowest BCUT2D eigenvalue weighted by atomic mass is 10.1. The quantitative estimate of drug-likeness (QED) is 0.850. The molecule has 0 aromatic carbocycles. The fraction of sp³-hybridized carbons (Fsp3) is 0.643. The molecule has 1 N–H and O–H groups in total. The summed E-state index contributed by atoms with van der Waals surface area (Å²) in [5, 5.41) is 3.62. The Hall–Kier alpha value is -1.09. The maximum Gasteiger partial charge on any atom is 0.217 e. The monoisotopic (exact) mass is 234 g/mol. The van der Waals surface area contributed by atoms with Crippen LogP contribution in [0.3, 0.4) is 0 Å². The number of nitrogens with zero attached hydrogens (tertiary/aromatic N) is 1. The molecule has 0 aliphatic heterocycles. The lowest BCUT2D eigenvalue weighted by Crippen LogP contribution is -2.26. The maximum absolute atomic E-state index is 5.25. The van der Waals surface area contributed by atoms with Gasteiger partial charge in [-0.1, -0.05) is 19.4 Å². The summed E-state index contributed by atoms with van der Waals surface area (Å²) < 4.78 is 5.25. The van der Waals surface area contributed by atoms with Crippen molar-refractivity contribution in [3.05, 3.63) is 23.9 Å². The van der Waals surface area contributed by atoms with Gasteiger partial charge in [-0.2, -0.15) is 0 Å². The van der Waals surface area contributed by atoms with E-state index in [-0.39, 0.29) is 0 Å². The van der Waals surface area contributed by atoms with E-state index >= 15 is 0 Å². The zero-order chi connectivity index (χ0) is 12.1. The van der Waals surface area contributed by atoms with E-state index in [0.717, 1.165) is 23.9 Å². The molecule has 2 atom stereocenters. The molecule has 1 saturated carbocycles. The summed E-state index contributed by atoms with van der Waals surface area (Å²) in [5.74, 6) is 1.66. The number of hydrogen-bond acceptors (Lipinski definition) is 3. The van der Waals surface area contributed by atoms with E-state index in [1.807, 2.05) is 6.07 Å². The van der Waals surface area contributed by atoms with Crippen LogP contribution in [-0.2, 0) is 6.54 Å². The molecule has 1 aromatic rings. The van der Waals surface area contributed by atoms with Crippen molar-refractivity contribution in [1.82, 2.24) is 10.3 Å². The van der Waals surface area contributed by atoms with Gasteiger partial charge in [0.25, 0.3) is 0 Å². The minimum absolute atomic E-state index is 0.671. The second kappa shape index (κ2) is 6.01. The average molecular weight is 234 g/mol. The van der Waals surface area contributed by atoms with Gasteiger partial charge in [-0.05, 0) is 31.2 Å². The van der Waals surface area contributed by atoms with Crippen molar-refractivity contribution in [1.29, 1.82) is 0 Å². The molecular weight excluding hydrogens is 212 g/mol. The van der Waals surface area contributed by atoms with Gasteiger partial charge in [0.2, 0.25) is 5.88 Å². The second-order valence-electron chi connectivity index (χ2n) is 4.84. The van der Waals surface area contributed by atoms with Gasteiger partial charge in [0.1, 0.15) is 0 Å². The first kappa shape index (κ1) is 12.4. The molecule has 0 bridgehead atoms. The summed E-state index contributed by atoms with van der Waals surface area (Å²) in [7, 11) is 1.68. The second-order valence-corrected chi connectivity index (χ2v) is 4.84. The average Bonchev–Trinajstić information content (AvgIpc) is 2.84. The number of rotatable bonds is 5. The van der Waals surface area contributed by atoms with Gasteiger partial charge in [0.15, 0.2) is 0 Å². The highest BCUT2D eigenvalue weighted by molar-refractivity contribution is 5.25. The van der Waals surface area contributed by atoms with Crippen molar-refractivity contribution in [3.63, 3.8) is 0 Å². The summed E-state index contributed by atoms with van der Waals surface area (Å²) in [4.78, 5) is 4.21. The highest BCUT2D eigenvalue weighted by atomic mass is 16.5. The minimum Gasteiger partial charge on any atom is -0.481 e. The Morgan fingerprint density at radius 3 is 3.06 bits per heavy atom. The SMILES string of the molecule is CCC1CCC(NCc2cccnc2OC)C1. The summed E-state index contributed by atoms with van der Waals surface area (Å²) >= 11 is 0. The Morgan fingerprint density at radius 1 is 1.47 bits per heavy atom. The van der Waals surface area contributed by atoms with E-state index in [2.05, 4.69) is 23.3 Å². The molecule has 3 heteroatoms. The van der Waals surface area contributed by atoms with E-state index in [0.29, 0.717) is 6.04 Å². The third-order valence-corrected chi connectivity index (χ3v) is 3.74. The molecule has 0 spiro atoms. The van der Waals surface area contributed by atoms with Crippen molar-refractivity contribution < 1.29 is 4.74 Å². The molecule has 2 unspecified atom stereocenters. The molecule has 0 amide bonds. The number of hydrogen-bond donors (Lipinski definition) is 1. The van der Waals surface area contributed by atoms with E-state index < -0.39 is 0 Å². The van der Waals surface area contributed by atoms with E-state index in [1.165, 1.54) is 25.7 Å². The van der Waals surface area contributed by atoms with Gasteiger partial charge in [-0.15, -0.1) is 0 Å². The zero-order valence-electron chi connectivity index (χ0n) is 10.8. The van der Waals surface area contributed by atoms with Crippen LogP contribution in [-0.4, -0.2) is 18.1 Å². The van der Waals surface area contributed by atoms with Gasteiger partial charge >= 0.3 is 0 Å². The van der Waals surface area contributed by atoms with Crippen LogP contribution in [0.25, 0.3) is 0 Å². The fourth-order valence-electron chi connectivity index (χ4n) is 2.63. The lowest BCUT2D eigenvalue weighted by molar-refractivity contribution is 0.387. The topological polar surface area (TPSA) is 34.2 Å². The molecule has 1 fully saturated rings. The molecule has 1 aliphatic rings. The summed E-state index contributed by atoms with van der Waals surface area (Å²) in [6.07, 6.45) is 7.08. The van der Waals surface area contributed by atoms with Crippen LogP contribution in [0.4, 0.5) is 0 Å². The van der Waals surface area contributed by atoms with Crippen LogP contribution in [0.2, 0.25) is 0 Å². The molecule has 3 nitrogen and oxygen atoms in total. The molecule has 1 aromatic heterocycles. The number of aromatic nitrogens is 1.